The Morgan fingerprint density at radius 2 is 1.30 bits per heavy atom. The molecule has 192 valence electrons. The maximum absolute atomic E-state index is 12.8. The lowest BCUT2D eigenvalue weighted by molar-refractivity contribution is -0.384. The molecular weight excluding hydrogens is 468 g/mol. The molecule has 1 aliphatic rings. The Balaban J connectivity index is 1.40. The smallest absolute Gasteiger partial charge is 0.293 e. The molecule has 37 heavy (non-hydrogen) atoms. The van der Waals surface area contributed by atoms with Crippen molar-refractivity contribution in [1.82, 2.24) is 0 Å². The van der Waals surface area contributed by atoms with E-state index in [-0.39, 0.29) is 22.6 Å². The van der Waals surface area contributed by atoms with Crippen molar-refractivity contribution in [2.45, 2.75) is 45.4 Å². The summed E-state index contributed by atoms with van der Waals surface area (Å²) in [7, 11) is 0. The maximum Gasteiger partial charge on any atom is 0.293 e. The van der Waals surface area contributed by atoms with Crippen molar-refractivity contribution in [1.29, 1.82) is 0 Å². The van der Waals surface area contributed by atoms with E-state index in [0.29, 0.717) is 22.6 Å². The summed E-state index contributed by atoms with van der Waals surface area (Å²) < 4.78 is 0. The Bertz CT molecular complexity index is 1290. The largest absolute Gasteiger partial charge is 0.366 e. The van der Waals surface area contributed by atoms with Gasteiger partial charge in [-0.3, -0.25) is 19.7 Å². The number of benzene rings is 3. The van der Waals surface area contributed by atoms with Crippen LogP contribution in [0.5, 0.6) is 0 Å². The SMILES string of the molecule is CC(C)(C)c1ccc(C(=O)Nc2ccc(NC(=O)c3ccc(N4CCCCC4)c([N+](=O)[O-])c3)cc2)cc1. The topological polar surface area (TPSA) is 105 Å². The number of piperidine rings is 1. The normalized spacial score (nSPS) is 13.6. The Hall–Kier alpha value is -4.20. The van der Waals surface area contributed by atoms with Crippen molar-refractivity contribution >= 4 is 34.6 Å². The number of nitrogens with one attached hydrogen (secondary N) is 2. The number of carbonyl (C=O) groups excluding carboxylic acids is 2. The van der Waals surface area contributed by atoms with E-state index in [1.807, 2.05) is 17.0 Å². The average Bonchev–Trinajstić information content (AvgIpc) is 2.89. The van der Waals surface area contributed by atoms with Gasteiger partial charge in [0, 0.05) is 41.7 Å². The summed E-state index contributed by atoms with van der Waals surface area (Å²) in [4.78, 5) is 38.7. The quantitative estimate of drug-likeness (QED) is 0.302. The maximum atomic E-state index is 12.8. The molecule has 2 N–H and O–H groups in total. The number of carbonyl (C=O) groups is 2. The lowest BCUT2D eigenvalue weighted by Gasteiger charge is -2.28. The molecule has 0 atom stereocenters. The zero-order valence-corrected chi connectivity index (χ0v) is 21.4. The minimum absolute atomic E-state index is 0.00947. The number of hydrogen-bond acceptors (Lipinski definition) is 5. The van der Waals surface area contributed by atoms with Gasteiger partial charge in [0.2, 0.25) is 0 Å². The minimum Gasteiger partial charge on any atom is -0.366 e. The second-order valence-electron chi connectivity index (χ2n) is 10.3. The second-order valence-corrected chi connectivity index (χ2v) is 10.3. The molecular formula is C29H32N4O4. The molecule has 1 aliphatic heterocycles. The average molecular weight is 501 g/mol. The van der Waals surface area contributed by atoms with Gasteiger partial charge in [-0.05, 0) is 78.8 Å². The fourth-order valence-corrected chi connectivity index (χ4v) is 4.38. The molecule has 0 bridgehead atoms. The third kappa shape index (κ3) is 6.33. The molecule has 3 aromatic carbocycles. The summed E-state index contributed by atoms with van der Waals surface area (Å²) in [6.07, 6.45) is 3.12. The highest BCUT2D eigenvalue weighted by molar-refractivity contribution is 6.06. The van der Waals surface area contributed by atoms with Crippen molar-refractivity contribution in [2.24, 2.45) is 0 Å². The second kappa shape index (κ2) is 10.8. The third-order valence-electron chi connectivity index (χ3n) is 6.54. The highest BCUT2D eigenvalue weighted by Crippen LogP contribution is 2.31. The molecule has 4 rings (SSSR count). The minimum atomic E-state index is -0.441. The van der Waals surface area contributed by atoms with E-state index in [1.165, 1.54) is 6.07 Å². The molecule has 2 amide bonds. The van der Waals surface area contributed by atoms with Crippen molar-refractivity contribution < 1.29 is 14.5 Å². The fraction of sp³-hybridized carbons (Fsp3) is 0.310. The zero-order chi connectivity index (χ0) is 26.6. The van der Waals surface area contributed by atoms with E-state index in [1.54, 1.807) is 48.5 Å². The van der Waals surface area contributed by atoms with E-state index in [2.05, 4.69) is 31.4 Å². The van der Waals surface area contributed by atoms with E-state index in [0.717, 1.165) is 37.9 Å². The summed E-state index contributed by atoms with van der Waals surface area (Å²) >= 11 is 0. The van der Waals surface area contributed by atoms with Crippen LogP contribution in [0.2, 0.25) is 0 Å². The van der Waals surface area contributed by atoms with Crippen LogP contribution in [0.3, 0.4) is 0 Å². The van der Waals surface area contributed by atoms with Crippen molar-refractivity contribution in [2.75, 3.05) is 28.6 Å². The van der Waals surface area contributed by atoms with Gasteiger partial charge in [0.15, 0.2) is 0 Å². The van der Waals surface area contributed by atoms with Crippen molar-refractivity contribution in [3.63, 3.8) is 0 Å². The molecule has 0 spiro atoms. The van der Waals surface area contributed by atoms with Crippen LogP contribution in [-0.2, 0) is 5.41 Å². The van der Waals surface area contributed by atoms with Crippen LogP contribution in [0.1, 0.15) is 66.3 Å². The van der Waals surface area contributed by atoms with Crippen LogP contribution in [-0.4, -0.2) is 29.8 Å². The molecule has 8 nitrogen and oxygen atoms in total. The van der Waals surface area contributed by atoms with Gasteiger partial charge in [-0.1, -0.05) is 32.9 Å². The van der Waals surface area contributed by atoms with Crippen LogP contribution in [0.4, 0.5) is 22.7 Å². The summed E-state index contributed by atoms with van der Waals surface area (Å²) in [6.45, 7) is 7.91. The summed E-state index contributed by atoms with van der Waals surface area (Å²) in [5.74, 6) is -0.664. The predicted molar refractivity (Wildman–Crippen MR) is 147 cm³/mol. The van der Waals surface area contributed by atoms with Crippen LogP contribution < -0.4 is 15.5 Å². The number of nitrogens with zero attached hydrogens (tertiary/aromatic N) is 2. The molecule has 0 saturated carbocycles. The zero-order valence-electron chi connectivity index (χ0n) is 21.4. The first-order chi connectivity index (χ1) is 17.6. The molecule has 1 heterocycles. The lowest BCUT2D eigenvalue weighted by atomic mass is 9.87. The van der Waals surface area contributed by atoms with E-state index >= 15 is 0 Å². The van der Waals surface area contributed by atoms with Crippen LogP contribution in [0, 0.1) is 10.1 Å². The highest BCUT2D eigenvalue weighted by Gasteiger charge is 2.23. The number of amides is 2. The number of hydrogen-bond donors (Lipinski definition) is 2. The molecule has 0 aliphatic carbocycles. The van der Waals surface area contributed by atoms with E-state index < -0.39 is 10.8 Å². The highest BCUT2D eigenvalue weighted by atomic mass is 16.6. The molecule has 0 unspecified atom stereocenters. The first kappa shape index (κ1) is 25.9. The van der Waals surface area contributed by atoms with Gasteiger partial charge in [0.25, 0.3) is 17.5 Å². The number of nitro groups is 1. The fourth-order valence-electron chi connectivity index (χ4n) is 4.38. The van der Waals surface area contributed by atoms with Gasteiger partial charge >= 0.3 is 0 Å². The molecule has 8 heteroatoms. The number of rotatable bonds is 6. The van der Waals surface area contributed by atoms with Crippen LogP contribution in [0.25, 0.3) is 0 Å². The van der Waals surface area contributed by atoms with Gasteiger partial charge in [-0.2, -0.15) is 0 Å². The first-order valence-electron chi connectivity index (χ1n) is 12.5. The third-order valence-corrected chi connectivity index (χ3v) is 6.54. The number of anilines is 3. The molecule has 3 aromatic rings. The Kier molecular flexibility index (Phi) is 7.57. The first-order valence-corrected chi connectivity index (χ1v) is 12.5. The van der Waals surface area contributed by atoms with Crippen molar-refractivity contribution in [3.8, 4) is 0 Å². The van der Waals surface area contributed by atoms with E-state index in [9.17, 15) is 19.7 Å². The molecule has 1 saturated heterocycles. The van der Waals surface area contributed by atoms with Gasteiger partial charge in [-0.25, -0.2) is 0 Å². The van der Waals surface area contributed by atoms with Crippen molar-refractivity contribution in [3.05, 3.63) is 93.5 Å². The van der Waals surface area contributed by atoms with Gasteiger partial charge in [0.1, 0.15) is 5.69 Å². The van der Waals surface area contributed by atoms with E-state index in [4.69, 9.17) is 0 Å². The molecule has 0 aromatic heterocycles. The molecule has 0 radical (unpaired) electrons. The predicted octanol–water partition coefficient (Wildman–Crippen LogP) is 6.39. The summed E-state index contributed by atoms with van der Waals surface area (Å²) in [5, 5.41) is 17.3. The monoisotopic (exact) mass is 500 g/mol. The summed E-state index contributed by atoms with van der Waals surface area (Å²) in [5.41, 5.74) is 3.51. The Labute approximate surface area is 216 Å². The van der Waals surface area contributed by atoms with Gasteiger partial charge < -0.3 is 15.5 Å². The summed E-state index contributed by atoms with van der Waals surface area (Å²) in [6, 6.07) is 18.9. The number of nitro benzene ring substituents is 1. The lowest BCUT2D eigenvalue weighted by Crippen LogP contribution is -2.30. The van der Waals surface area contributed by atoms with Crippen LogP contribution >= 0.6 is 0 Å². The van der Waals surface area contributed by atoms with Gasteiger partial charge in [0.05, 0.1) is 4.92 Å². The van der Waals surface area contributed by atoms with Gasteiger partial charge in [-0.15, -0.1) is 0 Å². The standard InChI is InChI=1S/C29H32N4O4/c1-29(2,3)22-10-7-20(8-11-22)27(34)30-23-12-14-24(15-13-23)31-28(35)21-9-16-25(26(19-21)33(36)37)32-17-5-4-6-18-32/h7-16,19H,4-6,17-18H2,1-3H3,(H,30,34)(H,31,35). The van der Waals surface area contributed by atoms with Crippen LogP contribution in [0.15, 0.2) is 66.7 Å². The Morgan fingerprint density at radius 1 is 0.784 bits per heavy atom. The molecule has 1 fully saturated rings. The Morgan fingerprint density at radius 3 is 1.81 bits per heavy atom.